The Bertz CT molecular complexity index is 597. The normalized spacial score (nSPS) is 10.7. The third kappa shape index (κ3) is 3.45. The first-order valence-corrected chi connectivity index (χ1v) is 6.56. The number of carboxylic acid groups (broad SMARTS) is 1. The standard InChI is InChI=1S/C15H17NO4/c1-2-7-19-8-9-20-14-10-13(15(17)18)16-12-6-4-3-5-11(12)14/h3-6,10H,2,7-9H2,1H3,(H,17,18). The molecule has 20 heavy (non-hydrogen) atoms. The highest BCUT2D eigenvalue weighted by atomic mass is 16.5. The van der Waals surface area contributed by atoms with E-state index in [0.29, 0.717) is 31.1 Å². The molecule has 0 aliphatic carbocycles. The van der Waals surface area contributed by atoms with Crippen molar-refractivity contribution in [3.8, 4) is 5.75 Å². The van der Waals surface area contributed by atoms with Crippen molar-refractivity contribution in [2.75, 3.05) is 19.8 Å². The van der Waals surface area contributed by atoms with Crippen molar-refractivity contribution in [2.45, 2.75) is 13.3 Å². The number of carboxylic acids is 1. The fourth-order valence-corrected chi connectivity index (χ4v) is 1.83. The molecule has 2 rings (SSSR count). The molecule has 0 aliphatic heterocycles. The second kappa shape index (κ2) is 6.86. The number of aromatic nitrogens is 1. The molecule has 0 fully saturated rings. The van der Waals surface area contributed by atoms with Crippen molar-refractivity contribution < 1.29 is 19.4 Å². The first kappa shape index (κ1) is 14.3. The first-order chi connectivity index (χ1) is 9.72. The summed E-state index contributed by atoms with van der Waals surface area (Å²) in [6.07, 6.45) is 0.960. The molecular formula is C15H17NO4. The molecule has 0 atom stereocenters. The van der Waals surface area contributed by atoms with Crippen LogP contribution in [0.1, 0.15) is 23.8 Å². The number of fused-ring (bicyclic) bond motifs is 1. The summed E-state index contributed by atoms with van der Waals surface area (Å²) in [5.74, 6) is -0.545. The van der Waals surface area contributed by atoms with Gasteiger partial charge in [0, 0.05) is 18.1 Å². The summed E-state index contributed by atoms with van der Waals surface area (Å²) in [6, 6.07) is 8.75. The van der Waals surface area contributed by atoms with Gasteiger partial charge in [-0.3, -0.25) is 0 Å². The molecule has 0 spiro atoms. The van der Waals surface area contributed by atoms with Crippen molar-refractivity contribution in [1.82, 2.24) is 4.98 Å². The molecule has 5 heteroatoms. The fraction of sp³-hybridized carbons (Fsp3) is 0.333. The molecule has 1 aromatic heterocycles. The van der Waals surface area contributed by atoms with Crippen molar-refractivity contribution in [3.05, 3.63) is 36.0 Å². The summed E-state index contributed by atoms with van der Waals surface area (Å²) in [4.78, 5) is 15.2. The highest BCUT2D eigenvalue weighted by molar-refractivity contribution is 5.93. The lowest BCUT2D eigenvalue weighted by atomic mass is 10.2. The van der Waals surface area contributed by atoms with Gasteiger partial charge in [0.15, 0.2) is 5.69 Å². The zero-order valence-corrected chi connectivity index (χ0v) is 11.3. The van der Waals surface area contributed by atoms with Crippen LogP contribution in [0.5, 0.6) is 5.75 Å². The Morgan fingerprint density at radius 2 is 2.05 bits per heavy atom. The lowest BCUT2D eigenvalue weighted by Gasteiger charge is -2.10. The molecule has 0 unspecified atom stereocenters. The van der Waals surface area contributed by atoms with Gasteiger partial charge >= 0.3 is 5.97 Å². The highest BCUT2D eigenvalue weighted by Crippen LogP contribution is 2.25. The van der Waals surface area contributed by atoms with E-state index in [1.54, 1.807) is 6.07 Å². The molecule has 0 bridgehead atoms. The maximum atomic E-state index is 11.1. The number of carbonyl (C=O) groups is 1. The molecule has 0 saturated carbocycles. The van der Waals surface area contributed by atoms with E-state index in [-0.39, 0.29) is 5.69 Å². The predicted molar refractivity (Wildman–Crippen MR) is 75.3 cm³/mol. The summed E-state index contributed by atoms with van der Waals surface area (Å²) in [7, 11) is 0. The summed E-state index contributed by atoms with van der Waals surface area (Å²) in [5.41, 5.74) is 0.588. The van der Waals surface area contributed by atoms with Crippen LogP contribution in [0.15, 0.2) is 30.3 Å². The van der Waals surface area contributed by atoms with E-state index in [2.05, 4.69) is 4.98 Å². The monoisotopic (exact) mass is 275 g/mol. The average molecular weight is 275 g/mol. The van der Waals surface area contributed by atoms with E-state index in [1.807, 2.05) is 25.1 Å². The number of nitrogens with zero attached hydrogens (tertiary/aromatic N) is 1. The van der Waals surface area contributed by atoms with E-state index in [9.17, 15) is 4.79 Å². The number of rotatable bonds is 7. The van der Waals surface area contributed by atoms with Crippen LogP contribution >= 0.6 is 0 Å². The lowest BCUT2D eigenvalue weighted by molar-refractivity contribution is 0.0690. The van der Waals surface area contributed by atoms with Gasteiger partial charge in [0.1, 0.15) is 12.4 Å². The number of aromatic carboxylic acids is 1. The number of benzene rings is 1. The first-order valence-electron chi connectivity index (χ1n) is 6.56. The summed E-state index contributed by atoms with van der Waals surface area (Å²) in [6.45, 7) is 3.59. The molecule has 1 N–H and O–H groups in total. The Morgan fingerprint density at radius 3 is 2.80 bits per heavy atom. The largest absolute Gasteiger partial charge is 0.490 e. The molecule has 0 radical (unpaired) electrons. The molecule has 106 valence electrons. The fourth-order valence-electron chi connectivity index (χ4n) is 1.83. The number of hydrogen-bond donors (Lipinski definition) is 1. The van der Waals surface area contributed by atoms with Crippen LogP contribution in [0, 0.1) is 0 Å². The quantitative estimate of drug-likeness (QED) is 0.787. The van der Waals surface area contributed by atoms with Crippen LogP contribution in [0.3, 0.4) is 0 Å². The smallest absolute Gasteiger partial charge is 0.354 e. The Labute approximate surface area is 117 Å². The van der Waals surface area contributed by atoms with Gasteiger partial charge in [-0.05, 0) is 18.6 Å². The van der Waals surface area contributed by atoms with Crippen molar-refractivity contribution in [3.63, 3.8) is 0 Å². The van der Waals surface area contributed by atoms with Crippen LogP contribution in [-0.2, 0) is 4.74 Å². The van der Waals surface area contributed by atoms with Gasteiger partial charge in [-0.2, -0.15) is 0 Å². The topological polar surface area (TPSA) is 68.7 Å². The van der Waals surface area contributed by atoms with E-state index in [4.69, 9.17) is 14.6 Å². The third-order valence-electron chi connectivity index (χ3n) is 2.73. The molecule has 0 aliphatic rings. The Hall–Kier alpha value is -2.14. The molecule has 0 amide bonds. The summed E-state index contributed by atoms with van der Waals surface area (Å²) >= 11 is 0. The number of para-hydroxylation sites is 1. The van der Waals surface area contributed by atoms with E-state index >= 15 is 0 Å². The third-order valence-corrected chi connectivity index (χ3v) is 2.73. The number of ether oxygens (including phenoxy) is 2. The Balaban J connectivity index is 2.19. The van der Waals surface area contributed by atoms with Gasteiger partial charge in [-0.1, -0.05) is 19.1 Å². The van der Waals surface area contributed by atoms with E-state index < -0.39 is 5.97 Å². The molecular weight excluding hydrogens is 258 g/mol. The summed E-state index contributed by atoms with van der Waals surface area (Å²) in [5, 5.41) is 9.87. The highest BCUT2D eigenvalue weighted by Gasteiger charge is 2.11. The zero-order valence-electron chi connectivity index (χ0n) is 11.3. The van der Waals surface area contributed by atoms with Gasteiger partial charge in [-0.15, -0.1) is 0 Å². The van der Waals surface area contributed by atoms with Gasteiger partial charge in [0.2, 0.25) is 0 Å². The molecule has 0 saturated heterocycles. The van der Waals surface area contributed by atoms with Crippen molar-refractivity contribution >= 4 is 16.9 Å². The average Bonchev–Trinajstić information content (AvgIpc) is 2.46. The predicted octanol–water partition coefficient (Wildman–Crippen LogP) is 2.74. The minimum Gasteiger partial charge on any atom is -0.490 e. The van der Waals surface area contributed by atoms with Gasteiger partial charge in [-0.25, -0.2) is 9.78 Å². The van der Waals surface area contributed by atoms with Crippen molar-refractivity contribution in [1.29, 1.82) is 0 Å². The number of pyridine rings is 1. The van der Waals surface area contributed by atoms with E-state index in [1.165, 1.54) is 6.07 Å². The van der Waals surface area contributed by atoms with Crippen LogP contribution in [0.2, 0.25) is 0 Å². The second-order valence-corrected chi connectivity index (χ2v) is 4.29. The van der Waals surface area contributed by atoms with Crippen LogP contribution in [0.25, 0.3) is 10.9 Å². The number of hydrogen-bond acceptors (Lipinski definition) is 4. The molecule has 2 aromatic rings. The van der Waals surface area contributed by atoms with Gasteiger partial charge in [0.25, 0.3) is 0 Å². The van der Waals surface area contributed by atoms with Gasteiger partial charge in [0.05, 0.1) is 12.1 Å². The summed E-state index contributed by atoms with van der Waals surface area (Å²) < 4.78 is 11.0. The Morgan fingerprint density at radius 1 is 1.25 bits per heavy atom. The maximum Gasteiger partial charge on any atom is 0.354 e. The van der Waals surface area contributed by atoms with Crippen molar-refractivity contribution in [2.24, 2.45) is 0 Å². The van der Waals surface area contributed by atoms with E-state index in [0.717, 1.165) is 11.8 Å². The Kier molecular flexibility index (Phi) is 4.90. The van der Waals surface area contributed by atoms with Crippen LogP contribution in [-0.4, -0.2) is 35.9 Å². The van der Waals surface area contributed by atoms with Crippen LogP contribution < -0.4 is 4.74 Å². The lowest BCUT2D eigenvalue weighted by Crippen LogP contribution is -2.09. The SMILES string of the molecule is CCCOCCOc1cc(C(=O)O)nc2ccccc12. The minimum absolute atomic E-state index is 0.0202. The minimum atomic E-state index is -1.07. The zero-order chi connectivity index (χ0) is 14.4. The van der Waals surface area contributed by atoms with Gasteiger partial charge < -0.3 is 14.6 Å². The molecule has 1 heterocycles. The second-order valence-electron chi connectivity index (χ2n) is 4.29. The molecule has 1 aromatic carbocycles. The molecule has 5 nitrogen and oxygen atoms in total. The van der Waals surface area contributed by atoms with Crippen LogP contribution in [0.4, 0.5) is 0 Å². The maximum absolute atomic E-state index is 11.1.